The lowest BCUT2D eigenvalue weighted by molar-refractivity contribution is 0.101. The van der Waals surface area contributed by atoms with Gasteiger partial charge in [0.15, 0.2) is 5.78 Å². The third-order valence-corrected chi connectivity index (χ3v) is 6.97. The van der Waals surface area contributed by atoms with Crippen molar-refractivity contribution < 1.29 is 13.2 Å². The van der Waals surface area contributed by atoms with Crippen molar-refractivity contribution in [1.29, 1.82) is 0 Å². The van der Waals surface area contributed by atoms with Crippen LogP contribution in [0, 0.1) is 0 Å². The molecule has 0 aliphatic carbocycles. The lowest BCUT2D eigenvalue weighted by Crippen LogP contribution is -2.40. The molecule has 1 aliphatic rings. The molecule has 28 heavy (non-hydrogen) atoms. The Morgan fingerprint density at radius 1 is 1.04 bits per heavy atom. The van der Waals surface area contributed by atoms with Gasteiger partial charge < -0.3 is 0 Å². The van der Waals surface area contributed by atoms with Crippen molar-refractivity contribution in [1.82, 2.24) is 9.29 Å². The van der Waals surface area contributed by atoms with Gasteiger partial charge in [-0.05, 0) is 54.3 Å². The fraction of sp³-hybridized carbons (Fsp3) is 0.182. The molecule has 0 bridgehead atoms. The molecule has 6 heteroatoms. The van der Waals surface area contributed by atoms with Crippen molar-refractivity contribution in [2.45, 2.75) is 24.3 Å². The number of aromatic nitrogens is 1. The van der Waals surface area contributed by atoms with Crippen LogP contribution in [0.5, 0.6) is 0 Å². The van der Waals surface area contributed by atoms with Crippen molar-refractivity contribution in [3.63, 3.8) is 0 Å². The minimum atomic E-state index is -3.80. The summed E-state index contributed by atoms with van der Waals surface area (Å²) in [7, 11) is -3.80. The zero-order chi connectivity index (χ0) is 19.7. The zero-order valence-corrected chi connectivity index (χ0v) is 16.3. The normalized spacial score (nSPS) is 17.1. The van der Waals surface area contributed by atoms with Gasteiger partial charge in [0.1, 0.15) is 0 Å². The number of sulfonamides is 1. The van der Waals surface area contributed by atoms with Gasteiger partial charge in [0.25, 0.3) is 0 Å². The van der Waals surface area contributed by atoms with Gasteiger partial charge >= 0.3 is 0 Å². The predicted molar refractivity (Wildman–Crippen MR) is 107 cm³/mol. The maximum absolute atomic E-state index is 13.6. The third kappa shape index (κ3) is 3.25. The quantitative estimate of drug-likeness (QED) is 0.636. The van der Waals surface area contributed by atoms with Crippen molar-refractivity contribution in [2.75, 3.05) is 6.54 Å². The number of fused-ring (bicyclic) bond motifs is 1. The molecule has 2 heterocycles. The van der Waals surface area contributed by atoms with Gasteiger partial charge in [-0.2, -0.15) is 4.31 Å². The largest absolute Gasteiger partial charge is 0.295 e. The Morgan fingerprint density at radius 3 is 2.54 bits per heavy atom. The first-order valence-corrected chi connectivity index (χ1v) is 10.5. The van der Waals surface area contributed by atoms with Crippen LogP contribution in [0.25, 0.3) is 0 Å². The summed E-state index contributed by atoms with van der Waals surface area (Å²) < 4.78 is 28.6. The second kappa shape index (κ2) is 7.30. The Bertz CT molecular complexity index is 1130. The van der Waals surface area contributed by atoms with E-state index in [1.165, 1.54) is 17.3 Å². The standard InChI is InChI=1S/C22H20N2O3S/c1-16(25)19-6-4-7-20(15-19)28(26,27)24-14-11-17-5-2-3-8-21(17)22(24)18-9-12-23-13-10-18/h2-10,12-13,15,22H,11,14H2,1H3. The molecule has 1 unspecified atom stereocenters. The molecule has 0 saturated heterocycles. The molecule has 0 amide bonds. The predicted octanol–water partition coefficient (Wildman–Crippen LogP) is 3.62. The van der Waals surface area contributed by atoms with Crippen LogP contribution < -0.4 is 0 Å². The summed E-state index contributed by atoms with van der Waals surface area (Å²) in [5.74, 6) is -0.160. The van der Waals surface area contributed by atoms with Crippen molar-refractivity contribution in [2.24, 2.45) is 0 Å². The van der Waals surface area contributed by atoms with Gasteiger partial charge in [-0.3, -0.25) is 9.78 Å². The molecule has 1 aromatic heterocycles. The van der Waals surface area contributed by atoms with E-state index in [4.69, 9.17) is 0 Å². The van der Waals surface area contributed by atoms with E-state index in [2.05, 4.69) is 4.98 Å². The van der Waals surface area contributed by atoms with Gasteiger partial charge in [-0.1, -0.05) is 36.4 Å². The molecule has 5 nitrogen and oxygen atoms in total. The fourth-order valence-corrected chi connectivity index (χ4v) is 5.35. The Morgan fingerprint density at radius 2 is 1.79 bits per heavy atom. The Kier molecular flexibility index (Phi) is 4.83. The lowest BCUT2D eigenvalue weighted by Gasteiger charge is -2.36. The minimum absolute atomic E-state index is 0.138. The Hall–Kier alpha value is -2.83. The number of rotatable bonds is 4. The van der Waals surface area contributed by atoms with Crippen molar-refractivity contribution >= 4 is 15.8 Å². The number of carbonyl (C=O) groups is 1. The summed E-state index contributed by atoms with van der Waals surface area (Å²) in [5.41, 5.74) is 3.38. The molecule has 1 atom stereocenters. The van der Waals surface area contributed by atoms with Crippen LogP contribution in [-0.4, -0.2) is 30.0 Å². The van der Waals surface area contributed by atoms with E-state index in [9.17, 15) is 13.2 Å². The Balaban J connectivity index is 1.86. The average Bonchev–Trinajstić information content (AvgIpc) is 2.73. The summed E-state index contributed by atoms with van der Waals surface area (Å²) in [6.45, 7) is 1.80. The molecule has 0 saturated carbocycles. The van der Waals surface area contributed by atoms with E-state index in [1.807, 2.05) is 36.4 Å². The van der Waals surface area contributed by atoms with Gasteiger partial charge in [0.05, 0.1) is 10.9 Å². The summed E-state index contributed by atoms with van der Waals surface area (Å²) in [4.78, 5) is 15.9. The zero-order valence-electron chi connectivity index (χ0n) is 15.4. The van der Waals surface area contributed by atoms with E-state index in [-0.39, 0.29) is 10.7 Å². The van der Waals surface area contributed by atoms with E-state index in [1.54, 1.807) is 30.6 Å². The lowest BCUT2D eigenvalue weighted by atomic mass is 9.90. The van der Waals surface area contributed by atoms with E-state index in [0.717, 1.165) is 16.7 Å². The van der Waals surface area contributed by atoms with Crippen molar-refractivity contribution in [3.8, 4) is 0 Å². The maximum Gasteiger partial charge on any atom is 0.243 e. The van der Waals surface area contributed by atoms with Crippen LogP contribution >= 0.6 is 0 Å². The second-order valence-corrected chi connectivity index (χ2v) is 8.72. The SMILES string of the molecule is CC(=O)c1cccc(S(=O)(=O)N2CCc3ccccc3C2c2ccncc2)c1. The summed E-state index contributed by atoms with van der Waals surface area (Å²) in [5, 5.41) is 0. The fourth-order valence-electron chi connectivity index (χ4n) is 3.70. The number of carbonyl (C=O) groups excluding carboxylic acids is 1. The molecule has 3 aromatic rings. The van der Waals surface area contributed by atoms with Crippen LogP contribution in [0.15, 0.2) is 78.0 Å². The molecule has 0 radical (unpaired) electrons. The van der Waals surface area contributed by atoms with Crippen LogP contribution in [0.2, 0.25) is 0 Å². The number of hydrogen-bond donors (Lipinski definition) is 0. The molecule has 0 N–H and O–H groups in total. The number of nitrogens with zero attached hydrogens (tertiary/aromatic N) is 2. The first-order chi connectivity index (χ1) is 13.5. The Labute approximate surface area is 164 Å². The van der Waals surface area contributed by atoms with Gasteiger partial charge in [-0.25, -0.2) is 8.42 Å². The number of Topliss-reactive ketones (excluding diaryl/α,β-unsaturated/α-hetero) is 1. The van der Waals surface area contributed by atoms with Gasteiger partial charge in [-0.15, -0.1) is 0 Å². The van der Waals surface area contributed by atoms with Crippen LogP contribution in [-0.2, 0) is 16.4 Å². The van der Waals surface area contributed by atoms with E-state index >= 15 is 0 Å². The van der Waals surface area contributed by atoms with Gasteiger partial charge in [0.2, 0.25) is 10.0 Å². The molecule has 0 fully saturated rings. The van der Waals surface area contributed by atoms with Crippen molar-refractivity contribution in [3.05, 3.63) is 95.3 Å². The highest BCUT2D eigenvalue weighted by Gasteiger charge is 2.37. The molecule has 2 aromatic carbocycles. The average molecular weight is 392 g/mol. The first-order valence-electron chi connectivity index (χ1n) is 9.09. The number of benzene rings is 2. The second-order valence-electron chi connectivity index (χ2n) is 6.83. The molecule has 1 aliphatic heterocycles. The van der Waals surface area contributed by atoms with Crippen LogP contribution in [0.4, 0.5) is 0 Å². The molecular weight excluding hydrogens is 372 g/mol. The smallest absolute Gasteiger partial charge is 0.243 e. The monoisotopic (exact) mass is 392 g/mol. The summed E-state index contributed by atoms with van der Waals surface area (Å²) >= 11 is 0. The van der Waals surface area contributed by atoms with E-state index < -0.39 is 16.1 Å². The van der Waals surface area contributed by atoms with Crippen LogP contribution in [0.1, 0.15) is 40.0 Å². The molecular formula is C22H20N2O3S. The highest BCUT2D eigenvalue weighted by Crippen LogP contribution is 2.38. The number of pyridine rings is 1. The summed E-state index contributed by atoms with van der Waals surface area (Å²) in [6.07, 6.45) is 3.99. The topological polar surface area (TPSA) is 67.3 Å². The molecule has 0 spiro atoms. The summed E-state index contributed by atoms with van der Waals surface area (Å²) in [6, 6.07) is 17.5. The van der Waals surface area contributed by atoms with Crippen LogP contribution in [0.3, 0.4) is 0 Å². The van der Waals surface area contributed by atoms with Gasteiger partial charge in [0, 0.05) is 24.5 Å². The highest BCUT2D eigenvalue weighted by atomic mass is 32.2. The number of ketones is 1. The maximum atomic E-state index is 13.6. The highest BCUT2D eigenvalue weighted by molar-refractivity contribution is 7.89. The first kappa shape index (κ1) is 18.5. The number of hydrogen-bond acceptors (Lipinski definition) is 4. The minimum Gasteiger partial charge on any atom is -0.295 e. The molecule has 4 rings (SSSR count). The molecule has 142 valence electrons. The van der Waals surface area contributed by atoms with E-state index in [0.29, 0.717) is 18.5 Å². The third-order valence-electron chi connectivity index (χ3n) is 5.11.